The third-order valence-corrected chi connectivity index (χ3v) is 3.62. The van der Waals surface area contributed by atoms with Gasteiger partial charge in [-0.1, -0.05) is 0 Å². The minimum Gasteiger partial charge on any atom is -0.393 e. The van der Waals surface area contributed by atoms with E-state index >= 15 is 0 Å². The van der Waals surface area contributed by atoms with E-state index in [4.69, 9.17) is 5.11 Å². The van der Waals surface area contributed by atoms with Crippen LogP contribution in [-0.2, 0) is 0 Å². The van der Waals surface area contributed by atoms with Crippen molar-refractivity contribution >= 4 is 0 Å². The smallest absolute Gasteiger partial charge is 0.192 e. The van der Waals surface area contributed by atoms with Gasteiger partial charge in [-0.3, -0.25) is 0 Å². The van der Waals surface area contributed by atoms with Crippen LogP contribution in [0.2, 0.25) is 0 Å². The first kappa shape index (κ1) is 21.7. The Hall–Kier alpha value is -0.280. The highest BCUT2D eigenvalue weighted by molar-refractivity contribution is 4.72. The minimum atomic E-state index is -0.914. The lowest BCUT2D eigenvalue weighted by Crippen LogP contribution is -2.46. The van der Waals surface area contributed by atoms with Gasteiger partial charge in [0.25, 0.3) is 0 Å². The molecule has 134 valence electrons. The van der Waals surface area contributed by atoms with E-state index in [1.807, 2.05) is 0 Å². The van der Waals surface area contributed by atoms with Crippen LogP contribution in [0.3, 0.4) is 0 Å². The maximum Gasteiger partial charge on any atom is 0.192 e. The van der Waals surface area contributed by atoms with E-state index < -0.39 is 36.7 Å². The van der Waals surface area contributed by atoms with Crippen LogP contribution in [0.5, 0.6) is 0 Å². The van der Waals surface area contributed by atoms with Crippen molar-refractivity contribution in [2.75, 3.05) is 21.1 Å². The fraction of sp³-hybridized carbons (Fsp3) is 1.00. The summed E-state index contributed by atoms with van der Waals surface area (Å²) in [5.41, 5.74) is 0. The molecule has 22 heavy (non-hydrogen) atoms. The molecule has 0 spiro atoms. The number of aliphatic hydroxyl groups excluding tert-OH is 6. The lowest BCUT2D eigenvalue weighted by atomic mass is 9.98. The summed E-state index contributed by atoms with van der Waals surface area (Å²) in [4.78, 5) is 0. The van der Waals surface area contributed by atoms with E-state index in [1.54, 1.807) is 28.1 Å². The van der Waals surface area contributed by atoms with Gasteiger partial charge < -0.3 is 35.1 Å². The Kier molecular flexibility index (Phi) is 9.64. The summed E-state index contributed by atoms with van der Waals surface area (Å²) >= 11 is 0. The normalized spacial score (nSPS) is 21.0. The molecule has 0 aromatic heterocycles. The van der Waals surface area contributed by atoms with E-state index in [9.17, 15) is 25.5 Å². The highest BCUT2D eigenvalue weighted by Gasteiger charge is 2.26. The average molecular weight is 324 g/mol. The van der Waals surface area contributed by atoms with E-state index in [0.29, 0.717) is 4.48 Å². The molecule has 0 saturated heterocycles. The largest absolute Gasteiger partial charge is 0.393 e. The molecule has 6 unspecified atom stereocenters. The third kappa shape index (κ3) is 10.4. The lowest BCUT2D eigenvalue weighted by molar-refractivity contribution is -0.919. The fourth-order valence-corrected chi connectivity index (χ4v) is 2.28. The number of hydrogen-bond donors (Lipinski definition) is 6. The molecule has 0 aliphatic heterocycles. The van der Waals surface area contributed by atoms with Gasteiger partial charge in [-0.05, 0) is 32.6 Å². The minimum absolute atomic E-state index is 0.0361. The average Bonchev–Trinajstić information content (AvgIpc) is 2.24. The molecule has 0 saturated carbocycles. The number of quaternary nitrogens is 1. The molecule has 6 atom stereocenters. The van der Waals surface area contributed by atoms with Gasteiger partial charge in [0.1, 0.15) is 0 Å². The quantitative estimate of drug-likeness (QED) is 0.209. The van der Waals surface area contributed by atoms with Gasteiger partial charge in [-0.25, -0.2) is 0 Å². The predicted molar refractivity (Wildman–Crippen MR) is 82.8 cm³/mol. The van der Waals surface area contributed by atoms with Crippen LogP contribution < -0.4 is 0 Å². The van der Waals surface area contributed by atoms with Crippen molar-refractivity contribution in [3.63, 3.8) is 0 Å². The highest BCUT2D eigenvalue weighted by Crippen LogP contribution is 2.16. The molecule has 7 heteroatoms. The topological polar surface area (TPSA) is 121 Å². The van der Waals surface area contributed by atoms with E-state index in [0.717, 1.165) is 0 Å². The second kappa shape index (κ2) is 9.77. The second-order valence-corrected chi connectivity index (χ2v) is 7.24. The van der Waals surface area contributed by atoms with Gasteiger partial charge in [-0.15, -0.1) is 0 Å². The molecular formula is C15H34NO6+. The van der Waals surface area contributed by atoms with E-state index in [1.165, 1.54) is 0 Å². The molecule has 0 amide bonds. The van der Waals surface area contributed by atoms with Crippen LogP contribution >= 0.6 is 0 Å². The van der Waals surface area contributed by atoms with Crippen LogP contribution in [0.25, 0.3) is 0 Å². The Bertz CT molecular complexity index is 294. The zero-order valence-corrected chi connectivity index (χ0v) is 14.1. The molecule has 0 aliphatic rings. The van der Waals surface area contributed by atoms with Crippen molar-refractivity contribution in [3.05, 3.63) is 0 Å². The van der Waals surface area contributed by atoms with Crippen LogP contribution in [0.1, 0.15) is 39.0 Å². The molecular weight excluding hydrogens is 290 g/mol. The van der Waals surface area contributed by atoms with Crippen molar-refractivity contribution in [2.24, 2.45) is 0 Å². The molecule has 6 N–H and O–H groups in total. The standard InChI is InChI=1S/C15H34NO6/c1-10(17)5-11(18)6-12(19)7-13(20)8-14(21)9-15(22)16(2,3)4/h10-15,17-22H,5-9H2,1-4H3/q+1. The first-order valence-electron chi connectivity index (χ1n) is 7.81. The lowest BCUT2D eigenvalue weighted by Gasteiger charge is -2.31. The van der Waals surface area contributed by atoms with Crippen molar-refractivity contribution in [3.8, 4) is 0 Å². The molecule has 0 bridgehead atoms. The van der Waals surface area contributed by atoms with Gasteiger partial charge in [0.15, 0.2) is 6.23 Å². The Morgan fingerprint density at radius 1 is 0.591 bits per heavy atom. The summed E-state index contributed by atoms with van der Waals surface area (Å²) in [6.45, 7) is 1.56. The maximum absolute atomic E-state index is 9.88. The first-order chi connectivity index (χ1) is 9.91. The molecule has 0 rings (SSSR count). The molecule has 7 nitrogen and oxygen atoms in total. The molecule has 0 aromatic carbocycles. The van der Waals surface area contributed by atoms with Gasteiger partial charge in [-0.2, -0.15) is 0 Å². The van der Waals surface area contributed by atoms with Gasteiger partial charge in [0, 0.05) is 0 Å². The van der Waals surface area contributed by atoms with Gasteiger partial charge >= 0.3 is 0 Å². The van der Waals surface area contributed by atoms with E-state index in [-0.39, 0.29) is 32.1 Å². The van der Waals surface area contributed by atoms with Crippen molar-refractivity contribution in [1.29, 1.82) is 0 Å². The summed E-state index contributed by atoms with van der Waals surface area (Å²) in [6, 6.07) is 0. The molecule has 0 aromatic rings. The summed E-state index contributed by atoms with van der Waals surface area (Å²) in [7, 11) is 5.42. The summed E-state index contributed by atoms with van der Waals surface area (Å²) in [6.07, 6.45) is -4.42. The Balaban J connectivity index is 4.08. The Labute approximate surface area is 133 Å². The molecule has 0 fully saturated rings. The van der Waals surface area contributed by atoms with Crippen molar-refractivity contribution in [1.82, 2.24) is 0 Å². The highest BCUT2D eigenvalue weighted by atomic mass is 16.3. The van der Waals surface area contributed by atoms with Crippen LogP contribution in [0, 0.1) is 0 Å². The van der Waals surface area contributed by atoms with Crippen LogP contribution in [-0.4, -0.2) is 93.0 Å². The second-order valence-electron chi connectivity index (χ2n) is 7.24. The Morgan fingerprint density at radius 2 is 0.909 bits per heavy atom. The molecule has 0 heterocycles. The predicted octanol–water partition coefficient (Wildman–Crippen LogP) is -1.21. The third-order valence-electron chi connectivity index (χ3n) is 3.62. The zero-order chi connectivity index (χ0) is 17.5. The summed E-state index contributed by atoms with van der Waals surface area (Å²) in [5.74, 6) is 0. The zero-order valence-electron chi connectivity index (χ0n) is 14.1. The molecule has 0 aliphatic carbocycles. The number of hydrogen-bond acceptors (Lipinski definition) is 6. The number of rotatable bonds is 11. The van der Waals surface area contributed by atoms with Crippen molar-refractivity contribution < 1.29 is 35.1 Å². The maximum atomic E-state index is 9.88. The number of nitrogens with zero attached hydrogens (tertiary/aromatic N) is 1. The van der Waals surface area contributed by atoms with Crippen LogP contribution in [0.4, 0.5) is 0 Å². The van der Waals surface area contributed by atoms with Crippen molar-refractivity contribution in [2.45, 2.75) is 75.8 Å². The number of aliphatic hydroxyl groups is 6. The summed E-state index contributed by atoms with van der Waals surface area (Å²) in [5, 5.41) is 58.1. The van der Waals surface area contributed by atoms with E-state index in [2.05, 4.69) is 0 Å². The molecule has 0 radical (unpaired) electrons. The summed E-state index contributed by atoms with van der Waals surface area (Å²) < 4.78 is 0.293. The first-order valence-corrected chi connectivity index (χ1v) is 7.81. The van der Waals surface area contributed by atoms with Gasteiger partial charge in [0.05, 0.1) is 58.1 Å². The monoisotopic (exact) mass is 324 g/mol. The Morgan fingerprint density at radius 3 is 1.23 bits per heavy atom. The van der Waals surface area contributed by atoms with Gasteiger partial charge in [0.2, 0.25) is 0 Å². The van der Waals surface area contributed by atoms with Crippen LogP contribution in [0.15, 0.2) is 0 Å². The fourth-order valence-electron chi connectivity index (χ4n) is 2.28. The SMILES string of the molecule is CC(O)CC(O)CC(O)CC(O)CC(O)CC(O)[N+](C)(C)C.